The minimum atomic E-state index is -0.532. The van der Waals surface area contributed by atoms with Gasteiger partial charge in [0.15, 0.2) is 0 Å². The van der Waals surface area contributed by atoms with Crippen LogP contribution in [0.15, 0.2) is 22.7 Å². The molecule has 0 aliphatic carbocycles. The lowest BCUT2D eigenvalue weighted by atomic mass is 9.87. The Kier molecular flexibility index (Phi) is 4.33. The van der Waals surface area contributed by atoms with Crippen LogP contribution in [0.1, 0.15) is 26.3 Å². The normalized spacial score (nSPS) is 13.3. The van der Waals surface area contributed by atoms with Crippen LogP contribution in [-0.4, -0.2) is 11.9 Å². The summed E-state index contributed by atoms with van der Waals surface area (Å²) in [6, 6.07) is 5.20. The Morgan fingerprint density at radius 2 is 2.00 bits per heavy atom. The van der Waals surface area contributed by atoms with E-state index in [9.17, 15) is 4.79 Å². The van der Waals surface area contributed by atoms with Crippen LogP contribution in [0.25, 0.3) is 0 Å². The number of carbonyl (C=O) groups excluding carboxylic acids is 1. The predicted octanol–water partition coefficient (Wildman–Crippen LogP) is 3.07. The Balaban J connectivity index is 2.86. The van der Waals surface area contributed by atoms with Crippen LogP contribution >= 0.6 is 15.9 Å². The SMILES string of the molecule is Cc1cccc(NC(=O)[C@H](N)C(C)(C)C)c1Br. The minimum Gasteiger partial charge on any atom is -0.324 e. The molecule has 3 N–H and O–H groups in total. The molecule has 0 fully saturated rings. The molecule has 3 nitrogen and oxygen atoms in total. The number of hydrogen-bond acceptors (Lipinski definition) is 2. The average Bonchev–Trinajstić information content (AvgIpc) is 2.22. The molecule has 4 heteroatoms. The number of nitrogens with two attached hydrogens (primary N) is 1. The van der Waals surface area contributed by atoms with E-state index >= 15 is 0 Å². The zero-order chi connectivity index (χ0) is 13.2. The number of anilines is 1. The summed E-state index contributed by atoms with van der Waals surface area (Å²) in [5.41, 5.74) is 7.49. The van der Waals surface area contributed by atoms with Crippen molar-refractivity contribution in [1.29, 1.82) is 0 Å². The Bertz CT molecular complexity index is 424. The standard InChI is InChI=1S/C13H19BrN2O/c1-8-6-5-7-9(10(8)14)16-12(17)11(15)13(2,3)4/h5-7,11H,15H2,1-4H3,(H,16,17)/t11-/m0/s1. The van der Waals surface area contributed by atoms with Gasteiger partial charge in [-0.15, -0.1) is 0 Å². The van der Waals surface area contributed by atoms with E-state index < -0.39 is 6.04 Å². The molecule has 0 unspecified atom stereocenters. The monoisotopic (exact) mass is 298 g/mol. The third-order valence-corrected chi connectivity index (χ3v) is 3.72. The topological polar surface area (TPSA) is 55.1 Å². The van der Waals surface area contributed by atoms with Crippen molar-refractivity contribution in [2.75, 3.05) is 5.32 Å². The van der Waals surface area contributed by atoms with E-state index in [4.69, 9.17) is 5.73 Å². The van der Waals surface area contributed by atoms with Crippen molar-refractivity contribution >= 4 is 27.5 Å². The van der Waals surface area contributed by atoms with Crippen molar-refractivity contribution in [2.24, 2.45) is 11.1 Å². The molecule has 1 aromatic carbocycles. The van der Waals surface area contributed by atoms with Crippen LogP contribution in [0, 0.1) is 12.3 Å². The van der Waals surface area contributed by atoms with Crippen molar-refractivity contribution in [3.63, 3.8) is 0 Å². The van der Waals surface area contributed by atoms with Crippen molar-refractivity contribution in [1.82, 2.24) is 0 Å². The van der Waals surface area contributed by atoms with Crippen LogP contribution in [-0.2, 0) is 4.79 Å². The summed E-state index contributed by atoms with van der Waals surface area (Å²) in [7, 11) is 0. The molecule has 0 aromatic heterocycles. The quantitative estimate of drug-likeness (QED) is 0.881. The first kappa shape index (κ1) is 14.2. The highest BCUT2D eigenvalue weighted by Gasteiger charge is 2.27. The molecule has 94 valence electrons. The van der Waals surface area contributed by atoms with Gasteiger partial charge in [-0.2, -0.15) is 0 Å². The Morgan fingerprint density at radius 3 is 2.53 bits per heavy atom. The van der Waals surface area contributed by atoms with Crippen LogP contribution < -0.4 is 11.1 Å². The van der Waals surface area contributed by atoms with Gasteiger partial charge in [0.1, 0.15) is 0 Å². The molecular formula is C13H19BrN2O. The molecule has 1 aromatic rings. The van der Waals surface area contributed by atoms with Gasteiger partial charge < -0.3 is 11.1 Å². The third kappa shape index (κ3) is 3.54. The van der Waals surface area contributed by atoms with Gasteiger partial charge in [-0.05, 0) is 39.9 Å². The number of halogens is 1. The molecule has 0 aliphatic heterocycles. The molecule has 0 radical (unpaired) electrons. The van der Waals surface area contributed by atoms with Gasteiger partial charge in [0.25, 0.3) is 0 Å². The van der Waals surface area contributed by atoms with Crippen molar-refractivity contribution in [3.05, 3.63) is 28.2 Å². The fourth-order valence-electron chi connectivity index (χ4n) is 1.35. The van der Waals surface area contributed by atoms with E-state index in [0.717, 1.165) is 15.7 Å². The Morgan fingerprint density at radius 1 is 1.41 bits per heavy atom. The molecule has 0 saturated carbocycles. The average molecular weight is 299 g/mol. The molecule has 0 spiro atoms. The van der Waals surface area contributed by atoms with Gasteiger partial charge in [-0.3, -0.25) is 4.79 Å². The number of hydrogen-bond donors (Lipinski definition) is 2. The summed E-state index contributed by atoms with van der Waals surface area (Å²) < 4.78 is 0.898. The van der Waals surface area contributed by atoms with Crippen molar-refractivity contribution in [3.8, 4) is 0 Å². The zero-order valence-electron chi connectivity index (χ0n) is 10.7. The maximum Gasteiger partial charge on any atom is 0.241 e. The second-order valence-corrected chi connectivity index (χ2v) is 6.06. The highest BCUT2D eigenvalue weighted by atomic mass is 79.9. The summed E-state index contributed by atoms with van der Waals surface area (Å²) in [4.78, 5) is 12.0. The number of amides is 1. The van der Waals surface area contributed by atoms with Crippen molar-refractivity contribution in [2.45, 2.75) is 33.7 Å². The zero-order valence-corrected chi connectivity index (χ0v) is 12.3. The van der Waals surface area contributed by atoms with E-state index in [1.807, 2.05) is 45.9 Å². The van der Waals surface area contributed by atoms with E-state index in [2.05, 4.69) is 21.2 Å². The fraction of sp³-hybridized carbons (Fsp3) is 0.462. The highest BCUT2D eigenvalue weighted by Crippen LogP contribution is 2.26. The summed E-state index contributed by atoms with van der Waals surface area (Å²) in [6.07, 6.45) is 0. The van der Waals surface area contributed by atoms with Crippen LogP contribution in [0.5, 0.6) is 0 Å². The molecule has 1 amide bonds. The lowest BCUT2D eigenvalue weighted by molar-refractivity contribution is -0.119. The minimum absolute atomic E-state index is 0.163. The molecule has 0 saturated heterocycles. The largest absolute Gasteiger partial charge is 0.324 e. The van der Waals surface area contributed by atoms with Gasteiger partial charge in [0, 0.05) is 4.47 Å². The second-order valence-electron chi connectivity index (χ2n) is 5.27. The summed E-state index contributed by atoms with van der Waals surface area (Å²) in [5.74, 6) is -0.163. The number of rotatable bonds is 2. The van der Waals surface area contributed by atoms with Crippen molar-refractivity contribution < 1.29 is 4.79 Å². The summed E-state index contributed by atoms with van der Waals surface area (Å²) >= 11 is 3.45. The first-order chi connectivity index (χ1) is 7.73. The molecule has 1 atom stereocenters. The summed E-state index contributed by atoms with van der Waals surface area (Å²) in [5, 5.41) is 2.85. The smallest absolute Gasteiger partial charge is 0.241 e. The molecule has 0 bridgehead atoms. The first-order valence-electron chi connectivity index (χ1n) is 5.55. The van der Waals surface area contributed by atoms with Crippen LogP contribution in [0.4, 0.5) is 5.69 Å². The van der Waals surface area contributed by atoms with E-state index in [0.29, 0.717) is 0 Å². The molecule has 0 heterocycles. The maximum atomic E-state index is 12.0. The second kappa shape index (κ2) is 5.19. The number of aryl methyl sites for hydroxylation is 1. The predicted molar refractivity (Wildman–Crippen MR) is 74.9 cm³/mol. The molecule has 17 heavy (non-hydrogen) atoms. The summed E-state index contributed by atoms with van der Waals surface area (Å²) in [6.45, 7) is 7.82. The first-order valence-corrected chi connectivity index (χ1v) is 6.34. The van der Waals surface area contributed by atoms with Gasteiger partial charge in [0.2, 0.25) is 5.91 Å². The fourth-order valence-corrected chi connectivity index (χ4v) is 1.71. The van der Waals surface area contributed by atoms with E-state index in [1.54, 1.807) is 0 Å². The van der Waals surface area contributed by atoms with Gasteiger partial charge in [-0.25, -0.2) is 0 Å². The van der Waals surface area contributed by atoms with E-state index in [-0.39, 0.29) is 11.3 Å². The van der Waals surface area contributed by atoms with Gasteiger partial charge >= 0.3 is 0 Å². The number of benzene rings is 1. The Hall–Kier alpha value is -0.870. The number of carbonyl (C=O) groups is 1. The third-order valence-electron chi connectivity index (χ3n) is 2.67. The molecule has 0 aliphatic rings. The Labute approximate surface area is 111 Å². The lowest BCUT2D eigenvalue weighted by Gasteiger charge is -2.26. The molecular weight excluding hydrogens is 280 g/mol. The molecule has 1 rings (SSSR count). The van der Waals surface area contributed by atoms with Gasteiger partial charge in [-0.1, -0.05) is 32.9 Å². The van der Waals surface area contributed by atoms with Crippen LogP contribution in [0.2, 0.25) is 0 Å². The van der Waals surface area contributed by atoms with E-state index in [1.165, 1.54) is 0 Å². The lowest BCUT2D eigenvalue weighted by Crippen LogP contribution is -2.45. The van der Waals surface area contributed by atoms with Crippen LogP contribution in [0.3, 0.4) is 0 Å². The van der Waals surface area contributed by atoms with Gasteiger partial charge in [0.05, 0.1) is 11.7 Å². The maximum absolute atomic E-state index is 12.0. The highest BCUT2D eigenvalue weighted by molar-refractivity contribution is 9.10. The number of nitrogens with one attached hydrogen (secondary N) is 1.